The molecular weight excluding hydrogens is 366 g/mol. The fourth-order valence-corrected chi connectivity index (χ4v) is 4.51. The number of amides is 2. The van der Waals surface area contributed by atoms with E-state index in [4.69, 9.17) is 10.5 Å². The first-order valence-electron chi connectivity index (χ1n) is 9.90. The van der Waals surface area contributed by atoms with Crippen molar-refractivity contribution in [3.05, 3.63) is 65.2 Å². The number of fused-ring (bicyclic) bond motifs is 1. The third kappa shape index (κ3) is 3.60. The van der Waals surface area contributed by atoms with Crippen LogP contribution < -0.4 is 10.5 Å². The van der Waals surface area contributed by atoms with Crippen LogP contribution in [0.25, 0.3) is 0 Å². The van der Waals surface area contributed by atoms with E-state index in [1.165, 1.54) is 11.1 Å². The van der Waals surface area contributed by atoms with E-state index < -0.39 is 5.41 Å². The Morgan fingerprint density at radius 3 is 2.55 bits per heavy atom. The van der Waals surface area contributed by atoms with E-state index in [0.717, 1.165) is 17.9 Å². The molecule has 0 saturated carbocycles. The Labute approximate surface area is 171 Å². The smallest absolute Gasteiger partial charge is 0.240 e. The summed E-state index contributed by atoms with van der Waals surface area (Å²) >= 11 is 0. The van der Waals surface area contributed by atoms with Gasteiger partial charge in [-0.1, -0.05) is 36.4 Å². The molecule has 2 N–H and O–H groups in total. The van der Waals surface area contributed by atoms with E-state index in [-0.39, 0.29) is 17.9 Å². The maximum Gasteiger partial charge on any atom is 0.240 e. The van der Waals surface area contributed by atoms with Crippen LogP contribution in [0.3, 0.4) is 0 Å². The average Bonchev–Trinajstić information content (AvgIpc) is 2.69. The standard InChI is InChI=1S/C23H27N3O3/c1-25-13-18-8-4-3-7-17(18)11-20(25)21(27)26-14-23(15-26,22(24)28)12-16-6-5-9-19(10-16)29-2/h3-10,20H,11-15H2,1-2H3,(H2,24,28). The van der Waals surface area contributed by atoms with Gasteiger partial charge in [-0.25, -0.2) is 0 Å². The molecule has 2 aromatic rings. The molecule has 6 nitrogen and oxygen atoms in total. The Balaban J connectivity index is 1.46. The van der Waals surface area contributed by atoms with Crippen molar-refractivity contribution >= 4 is 11.8 Å². The summed E-state index contributed by atoms with van der Waals surface area (Å²) in [5.74, 6) is 0.466. The fraction of sp³-hybridized carbons (Fsp3) is 0.391. The Hall–Kier alpha value is -2.86. The molecule has 1 unspecified atom stereocenters. The Morgan fingerprint density at radius 2 is 1.86 bits per heavy atom. The molecule has 2 amide bonds. The Morgan fingerprint density at radius 1 is 1.14 bits per heavy atom. The normalized spacial score (nSPS) is 20.5. The van der Waals surface area contributed by atoms with Gasteiger partial charge < -0.3 is 15.4 Å². The van der Waals surface area contributed by atoms with Gasteiger partial charge in [0.15, 0.2) is 0 Å². The minimum absolute atomic E-state index is 0.0736. The summed E-state index contributed by atoms with van der Waals surface area (Å²) in [6, 6.07) is 15.7. The third-order valence-corrected chi connectivity index (χ3v) is 6.27. The number of carbonyl (C=O) groups is 2. The number of carbonyl (C=O) groups excluding carboxylic acids is 2. The topological polar surface area (TPSA) is 75.9 Å². The number of hydrogen-bond acceptors (Lipinski definition) is 4. The van der Waals surface area contributed by atoms with Crippen LogP contribution in [0.5, 0.6) is 5.75 Å². The Kier molecular flexibility index (Phi) is 5.04. The zero-order valence-corrected chi connectivity index (χ0v) is 16.9. The van der Waals surface area contributed by atoms with Gasteiger partial charge >= 0.3 is 0 Å². The maximum absolute atomic E-state index is 13.2. The summed E-state index contributed by atoms with van der Waals surface area (Å²) in [5, 5.41) is 0. The van der Waals surface area contributed by atoms with Crippen LogP contribution >= 0.6 is 0 Å². The molecule has 152 valence electrons. The van der Waals surface area contributed by atoms with Crippen molar-refractivity contribution in [1.82, 2.24) is 9.80 Å². The highest BCUT2D eigenvalue weighted by molar-refractivity contribution is 5.89. The molecule has 0 aromatic heterocycles. The zero-order chi connectivity index (χ0) is 20.6. The highest BCUT2D eigenvalue weighted by atomic mass is 16.5. The van der Waals surface area contributed by atoms with Gasteiger partial charge in [-0.05, 0) is 48.7 Å². The van der Waals surface area contributed by atoms with E-state index in [1.54, 1.807) is 12.0 Å². The molecule has 4 rings (SSSR count). The largest absolute Gasteiger partial charge is 0.497 e. The molecule has 0 aliphatic carbocycles. The van der Waals surface area contributed by atoms with Crippen molar-refractivity contribution in [1.29, 1.82) is 0 Å². The molecule has 1 saturated heterocycles. The molecule has 29 heavy (non-hydrogen) atoms. The number of nitrogens with zero attached hydrogens (tertiary/aromatic N) is 2. The summed E-state index contributed by atoms with van der Waals surface area (Å²) in [6.45, 7) is 1.49. The van der Waals surface area contributed by atoms with E-state index in [2.05, 4.69) is 17.0 Å². The first-order chi connectivity index (χ1) is 13.9. The highest BCUT2D eigenvalue weighted by Gasteiger charge is 2.51. The molecule has 1 atom stereocenters. The highest BCUT2D eigenvalue weighted by Crippen LogP contribution is 2.36. The van der Waals surface area contributed by atoms with E-state index in [1.807, 2.05) is 43.4 Å². The van der Waals surface area contributed by atoms with Gasteiger partial charge in [-0.15, -0.1) is 0 Å². The third-order valence-electron chi connectivity index (χ3n) is 6.27. The summed E-state index contributed by atoms with van der Waals surface area (Å²) < 4.78 is 5.27. The van der Waals surface area contributed by atoms with Gasteiger partial charge in [0.2, 0.25) is 11.8 Å². The molecule has 0 radical (unpaired) electrons. The molecule has 2 aliphatic rings. The van der Waals surface area contributed by atoms with E-state index >= 15 is 0 Å². The number of methoxy groups -OCH3 is 1. The van der Waals surface area contributed by atoms with Crippen LogP contribution in [0.15, 0.2) is 48.5 Å². The number of likely N-dealkylation sites (N-methyl/N-ethyl adjacent to an activating group) is 1. The number of ether oxygens (including phenoxy) is 1. The Bertz CT molecular complexity index is 936. The van der Waals surface area contributed by atoms with Crippen molar-refractivity contribution in [2.75, 3.05) is 27.2 Å². The van der Waals surface area contributed by atoms with Crippen molar-refractivity contribution in [2.24, 2.45) is 11.1 Å². The number of likely N-dealkylation sites (tertiary alicyclic amines) is 1. The zero-order valence-electron chi connectivity index (χ0n) is 16.9. The lowest BCUT2D eigenvalue weighted by molar-refractivity contribution is -0.155. The van der Waals surface area contributed by atoms with E-state index in [0.29, 0.717) is 25.9 Å². The monoisotopic (exact) mass is 393 g/mol. The molecule has 0 bridgehead atoms. The SMILES string of the molecule is COc1cccc(CC2(C(N)=O)CN(C(=O)C3Cc4ccccc4CN3C)C2)c1. The summed E-state index contributed by atoms with van der Waals surface area (Å²) in [7, 11) is 3.60. The lowest BCUT2D eigenvalue weighted by Gasteiger charge is -2.50. The van der Waals surface area contributed by atoms with Gasteiger partial charge in [0.1, 0.15) is 5.75 Å². The number of hydrogen-bond donors (Lipinski definition) is 1. The first-order valence-corrected chi connectivity index (χ1v) is 9.90. The van der Waals surface area contributed by atoms with Gasteiger partial charge in [0.25, 0.3) is 0 Å². The van der Waals surface area contributed by atoms with Gasteiger partial charge in [-0.2, -0.15) is 0 Å². The second kappa shape index (κ2) is 7.52. The van der Waals surface area contributed by atoms with Crippen molar-refractivity contribution in [2.45, 2.75) is 25.4 Å². The van der Waals surface area contributed by atoms with Gasteiger partial charge in [-0.3, -0.25) is 14.5 Å². The number of rotatable bonds is 5. The van der Waals surface area contributed by atoms with Crippen LogP contribution in [0.1, 0.15) is 16.7 Å². The quantitative estimate of drug-likeness (QED) is 0.837. The van der Waals surface area contributed by atoms with Crippen LogP contribution in [-0.2, 0) is 29.0 Å². The van der Waals surface area contributed by atoms with Crippen LogP contribution in [0.2, 0.25) is 0 Å². The number of primary amides is 1. The fourth-order valence-electron chi connectivity index (χ4n) is 4.51. The lowest BCUT2D eigenvalue weighted by Crippen LogP contribution is -2.67. The van der Waals surface area contributed by atoms with Crippen LogP contribution in [0.4, 0.5) is 0 Å². The molecule has 6 heteroatoms. The van der Waals surface area contributed by atoms with Crippen molar-refractivity contribution in [3.8, 4) is 5.75 Å². The van der Waals surface area contributed by atoms with Crippen molar-refractivity contribution < 1.29 is 14.3 Å². The number of benzene rings is 2. The second-order valence-corrected chi connectivity index (χ2v) is 8.27. The molecule has 1 fully saturated rings. The van der Waals surface area contributed by atoms with Gasteiger partial charge in [0.05, 0.1) is 18.6 Å². The summed E-state index contributed by atoms with van der Waals surface area (Å²) in [6.07, 6.45) is 1.20. The predicted molar refractivity (Wildman–Crippen MR) is 110 cm³/mol. The van der Waals surface area contributed by atoms with Crippen LogP contribution in [0, 0.1) is 5.41 Å². The van der Waals surface area contributed by atoms with Crippen LogP contribution in [-0.4, -0.2) is 54.9 Å². The van der Waals surface area contributed by atoms with E-state index in [9.17, 15) is 9.59 Å². The molecule has 2 aromatic carbocycles. The molecule has 2 heterocycles. The van der Waals surface area contributed by atoms with Crippen molar-refractivity contribution in [3.63, 3.8) is 0 Å². The van der Waals surface area contributed by atoms with Gasteiger partial charge in [0, 0.05) is 19.6 Å². The second-order valence-electron chi connectivity index (χ2n) is 8.27. The minimum Gasteiger partial charge on any atom is -0.497 e. The summed E-state index contributed by atoms with van der Waals surface area (Å²) in [4.78, 5) is 29.3. The molecular formula is C23H27N3O3. The molecule has 0 spiro atoms. The summed E-state index contributed by atoms with van der Waals surface area (Å²) in [5.41, 5.74) is 8.53. The first kappa shape index (κ1) is 19.5. The lowest BCUT2D eigenvalue weighted by atomic mass is 9.73. The average molecular weight is 393 g/mol. The minimum atomic E-state index is -0.715. The maximum atomic E-state index is 13.2. The predicted octanol–water partition coefficient (Wildman–Crippen LogP) is 1.61. The number of nitrogens with two attached hydrogens (primary N) is 1. The molecule has 2 aliphatic heterocycles.